The zero-order valence-electron chi connectivity index (χ0n) is 30.7. The average Bonchev–Trinajstić information content (AvgIpc) is 3.18. The molecule has 0 saturated carbocycles. The van der Waals surface area contributed by atoms with E-state index in [0.29, 0.717) is 26.2 Å². The van der Waals surface area contributed by atoms with E-state index in [1.165, 1.54) is 0 Å². The lowest BCUT2D eigenvalue weighted by Gasteiger charge is -2.22. The Labute approximate surface area is 312 Å². The molecule has 4 aromatic rings. The number of aryl methyl sites for hydroxylation is 2. The van der Waals surface area contributed by atoms with E-state index < -0.39 is 0 Å². The van der Waals surface area contributed by atoms with Crippen molar-refractivity contribution in [1.82, 2.24) is 4.90 Å². The van der Waals surface area contributed by atoms with Gasteiger partial charge in [-0.25, -0.2) is 9.13 Å². The second-order valence-corrected chi connectivity index (χ2v) is 12.4. The average molecular weight is 728 g/mol. The van der Waals surface area contributed by atoms with Gasteiger partial charge in [-0.2, -0.15) is 5.11 Å². The van der Waals surface area contributed by atoms with Gasteiger partial charge in [0.25, 0.3) is 0 Å². The van der Waals surface area contributed by atoms with Gasteiger partial charge < -0.3 is 40.4 Å². The number of rotatable bonds is 24. The van der Waals surface area contributed by atoms with Gasteiger partial charge in [-0.3, -0.25) is 0 Å². The molecule has 2 heterocycles. The highest BCUT2D eigenvalue weighted by atomic mass is 16.3. The van der Waals surface area contributed by atoms with Gasteiger partial charge in [0.05, 0.1) is 69.1 Å². The fourth-order valence-electron chi connectivity index (χ4n) is 5.62. The van der Waals surface area contributed by atoms with Crippen molar-refractivity contribution < 1.29 is 34.9 Å². The van der Waals surface area contributed by atoms with Crippen LogP contribution >= 0.6 is 0 Å². The van der Waals surface area contributed by atoms with Crippen LogP contribution in [0.25, 0.3) is 0 Å². The molecular weight excluding hydrogens is 672 g/mol. The molecule has 0 bridgehead atoms. The Hall–Kier alpha value is -5.12. The maximum absolute atomic E-state index is 9.30. The fourth-order valence-corrected chi connectivity index (χ4v) is 5.62. The smallest absolute Gasteiger partial charge is 0.350 e. The number of quaternary nitrogens is 1. The third-order valence-electron chi connectivity index (χ3n) is 8.39. The van der Waals surface area contributed by atoms with Gasteiger partial charge in [0, 0.05) is 69.7 Å². The van der Waals surface area contributed by atoms with E-state index in [9.17, 15) is 20.4 Å². The lowest BCUT2D eigenvalue weighted by molar-refractivity contribution is -0.703. The topological polar surface area (TPSA) is 164 Å². The summed E-state index contributed by atoms with van der Waals surface area (Å²) in [6, 6.07) is 25.0. The number of azo groups is 2. The number of pyridine rings is 2. The van der Waals surface area contributed by atoms with Crippen LogP contribution in [0.15, 0.2) is 130 Å². The van der Waals surface area contributed by atoms with Gasteiger partial charge in [-0.15, -0.1) is 5.11 Å². The monoisotopic (exact) mass is 727 g/mol. The molecule has 0 atom stereocenters. The molecule has 2 aromatic carbocycles. The Balaban J connectivity index is 1.15. The first-order chi connectivity index (χ1) is 26.0. The number of aromatic nitrogens is 2. The first-order valence-electron chi connectivity index (χ1n) is 18.2. The number of benzene rings is 2. The number of anilines is 2. The van der Waals surface area contributed by atoms with Crippen LogP contribution in [0, 0.1) is 0 Å². The summed E-state index contributed by atoms with van der Waals surface area (Å²) in [6.07, 6.45) is 12.2. The molecule has 14 heteroatoms. The SMILES string of the molecule is CN(/C=C\[NH2+]CCC[n+]1cccc(N=Nc2ccc(N(CCO)CCO)cc2)c1)CCC[n+]1ccccc1N=Nc1ccc(N(CCO)CCO)cc1. The number of hydrogen-bond donors (Lipinski definition) is 5. The van der Waals surface area contributed by atoms with E-state index in [-0.39, 0.29) is 26.4 Å². The van der Waals surface area contributed by atoms with Crippen molar-refractivity contribution in [3.8, 4) is 0 Å². The second kappa shape index (κ2) is 23.4. The van der Waals surface area contributed by atoms with Gasteiger partial charge in [0.1, 0.15) is 17.6 Å². The Kier molecular flexibility index (Phi) is 18.0. The third kappa shape index (κ3) is 14.4. The largest absolute Gasteiger partial charge is 0.395 e. The molecule has 0 radical (unpaired) electrons. The van der Waals surface area contributed by atoms with Crippen molar-refractivity contribution in [1.29, 1.82) is 0 Å². The van der Waals surface area contributed by atoms with Gasteiger partial charge >= 0.3 is 5.82 Å². The zero-order valence-corrected chi connectivity index (χ0v) is 30.7. The molecule has 0 unspecified atom stereocenters. The molecule has 0 amide bonds. The molecule has 0 fully saturated rings. The Morgan fingerprint density at radius 1 is 0.604 bits per heavy atom. The quantitative estimate of drug-likeness (QED) is 0.0421. The maximum Gasteiger partial charge on any atom is 0.350 e. The van der Waals surface area contributed by atoms with Crippen LogP contribution in [0.3, 0.4) is 0 Å². The first-order valence-corrected chi connectivity index (χ1v) is 18.2. The van der Waals surface area contributed by atoms with Gasteiger partial charge in [0.2, 0.25) is 0 Å². The van der Waals surface area contributed by atoms with Crippen molar-refractivity contribution in [2.24, 2.45) is 20.5 Å². The van der Waals surface area contributed by atoms with Gasteiger partial charge in [-0.1, -0.05) is 6.07 Å². The van der Waals surface area contributed by atoms with Crippen molar-refractivity contribution in [3.63, 3.8) is 0 Å². The lowest BCUT2D eigenvalue weighted by atomic mass is 10.2. The van der Waals surface area contributed by atoms with Gasteiger partial charge in [0.15, 0.2) is 18.9 Å². The maximum atomic E-state index is 9.30. The summed E-state index contributed by atoms with van der Waals surface area (Å²) in [7, 11) is 2.08. The van der Waals surface area contributed by atoms with Crippen LogP contribution in [0.2, 0.25) is 0 Å². The summed E-state index contributed by atoms with van der Waals surface area (Å²) in [5, 5.41) is 57.1. The Morgan fingerprint density at radius 2 is 1.19 bits per heavy atom. The molecule has 14 nitrogen and oxygen atoms in total. The van der Waals surface area contributed by atoms with E-state index in [0.717, 1.165) is 73.3 Å². The molecule has 6 N–H and O–H groups in total. The second-order valence-electron chi connectivity index (χ2n) is 12.4. The summed E-state index contributed by atoms with van der Waals surface area (Å²) in [5.74, 6) is 0.782. The minimum atomic E-state index is 0.0210. The molecule has 0 aliphatic rings. The normalized spacial score (nSPS) is 11.6. The lowest BCUT2D eigenvalue weighted by Crippen LogP contribution is -2.78. The standard InChI is InChI=1S/C39H54N10O4/c1-45(19-6-23-49-22-3-2-8-39(49)44-42-35-11-15-38(16-12-35)48(27-31-52)28-32-53)24-18-40-17-5-21-46-20-4-7-36(33-46)43-41-34-9-13-37(14-10-34)47(25-29-50)26-30-51/h2-4,7-16,18,20,22,24,33,40,50-53H,5-6,17,19,21,23,25-32H2,1H3/q+2/p+1/b24-18-,43-41?. The van der Waals surface area contributed by atoms with Crippen LogP contribution in [0.5, 0.6) is 0 Å². The number of aliphatic hydroxyl groups excluding tert-OH is 4. The van der Waals surface area contributed by atoms with Crippen molar-refractivity contribution in [2.45, 2.75) is 25.9 Å². The highest BCUT2D eigenvalue weighted by Crippen LogP contribution is 2.23. The highest BCUT2D eigenvalue weighted by Gasteiger charge is 2.11. The summed E-state index contributed by atoms with van der Waals surface area (Å²) in [6.45, 7) is 5.47. The van der Waals surface area contributed by atoms with E-state index in [1.54, 1.807) is 0 Å². The minimum absolute atomic E-state index is 0.0210. The molecular formula is C39H55N10O4+3. The van der Waals surface area contributed by atoms with Crippen LogP contribution in [-0.2, 0) is 13.1 Å². The van der Waals surface area contributed by atoms with Crippen molar-refractivity contribution in [3.05, 3.63) is 110 Å². The predicted octanol–water partition coefficient (Wildman–Crippen LogP) is 3.12. The molecule has 0 aliphatic carbocycles. The molecule has 2 aromatic heterocycles. The Morgan fingerprint density at radius 3 is 1.79 bits per heavy atom. The predicted molar refractivity (Wildman–Crippen MR) is 205 cm³/mol. The summed E-state index contributed by atoms with van der Waals surface area (Å²) < 4.78 is 4.23. The molecule has 53 heavy (non-hydrogen) atoms. The summed E-state index contributed by atoms with van der Waals surface area (Å²) >= 11 is 0. The number of aliphatic hydroxyl groups is 4. The van der Waals surface area contributed by atoms with E-state index in [4.69, 9.17) is 0 Å². The van der Waals surface area contributed by atoms with E-state index >= 15 is 0 Å². The molecule has 282 valence electrons. The van der Waals surface area contributed by atoms with Crippen LogP contribution in [-0.4, -0.2) is 98.1 Å². The Bertz CT molecular complexity index is 1690. The molecule has 0 saturated heterocycles. The molecule has 0 aliphatic heterocycles. The van der Waals surface area contributed by atoms with Gasteiger partial charge in [-0.05, 0) is 65.8 Å². The van der Waals surface area contributed by atoms with E-state index in [1.807, 2.05) is 107 Å². The van der Waals surface area contributed by atoms with E-state index in [2.05, 4.69) is 59.3 Å². The number of nitrogens with zero attached hydrogens (tertiary/aromatic N) is 9. The van der Waals surface area contributed by atoms with Crippen LogP contribution < -0.4 is 24.3 Å². The summed E-state index contributed by atoms with van der Waals surface area (Å²) in [5.41, 5.74) is 4.08. The third-order valence-corrected chi connectivity index (χ3v) is 8.39. The van der Waals surface area contributed by atoms with Crippen LogP contribution in [0.4, 0.5) is 34.3 Å². The molecule has 4 rings (SSSR count). The van der Waals surface area contributed by atoms with Crippen molar-refractivity contribution in [2.75, 3.05) is 82.5 Å². The molecule has 0 spiro atoms. The highest BCUT2D eigenvalue weighted by molar-refractivity contribution is 5.53. The number of hydrogen-bond acceptors (Lipinski definition) is 11. The minimum Gasteiger partial charge on any atom is -0.395 e. The van der Waals surface area contributed by atoms with Crippen molar-refractivity contribution >= 4 is 34.3 Å². The first kappa shape index (κ1) is 40.6. The van der Waals surface area contributed by atoms with Crippen LogP contribution in [0.1, 0.15) is 12.8 Å². The number of nitrogens with two attached hydrogens (primary N) is 1. The summed E-state index contributed by atoms with van der Waals surface area (Å²) in [4.78, 5) is 6.04. The zero-order chi connectivity index (χ0) is 37.5. The fraction of sp³-hybridized carbons (Fsp3) is 0.385.